The minimum Gasteiger partial charge on any atom is -0.478 e. The molecule has 0 heterocycles. The second-order valence-corrected chi connectivity index (χ2v) is 10.2. The molecule has 2 rings (SSSR count). The smallest absolute Gasteiger partial charge is 0.335 e. The molecule has 0 atom stereocenters. The highest BCUT2D eigenvalue weighted by Gasteiger charge is 2.14. The number of hydrogen-bond acceptors (Lipinski definition) is 4. The van der Waals surface area contributed by atoms with Gasteiger partial charge in [-0.1, -0.05) is 65.8 Å². The molecule has 178 valence electrons. The number of hydrogen-bond donors (Lipinski definition) is 4. The molecule has 6 nitrogen and oxygen atoms in total. The summed E-state index contributed by atoms with van der Waals surface area (Å²) in [4.78, 5) is 21.1. The molecule has 0 saturated carbocycles. The number of carbonyl (C=O) groups is 2. The zero-order valence-electron chi connectivity index (χ0n) is 20.4. The van der Waals surface area contributed by atoms with Crippen LogP contribution in [-0.4, -0.2) is 44.6 Å². The molecule has 0 aliphatic rings. The molecule has 0 saturated heterocycles. The number of aromatic carboxylic acids is 2. The summed E-state index contributed by atoms with van der Waals surface area (Å²) in [5.41, 5.74) is 2.24. The molecule has 0 fully saturated rings. The van der Waals surface area contributed by atoms with Crippen LogP contribution in [0.25, 0.3) is 0 Å². The molecule has 6 heteroatoms. The molecule has 0 aliphatic heterocycles. The molecule has 2 aromatic rings. The molecule has 0 aromatic heterocycles. The standard InChI is InChI=1S/2C11H14O2.C4H10O2/c2*1-11(2,3)9-6-4-8(5-7-9)10(12)13;1-4(2,6)3-5/h2*4-7H,1-3H3,(H,12,13);5-6H,3H2,1-2H3. The average molecular weight is 447 g/mol. The van der Waals surface area contributed by atoms with Crippen LogP contribution < -0.4 is 0 Å². The maximum Gasteiger partial charge on any atom is 0.335 e. The maximum absolute atomic E-state index is 10.6. The first-order chi connectivity index (χ1) is 14.4. The third-order valence-electron chi connectivity index (χ3n) is 4.38. The van der Waals surface area contributed by atoms with E-state index in [1.807, 2.05) is 24.3 Å². The first-order valence-electron chi connectivity index (χ1n) is 10.4. The fraction of sp³-hybridized carbons (Fsp3) is 0.462. The maximum atomic E-state index is 10.6. The number of rotatable bonds is 3. The summed E-state index contributed by atoms with van der Waals surface area (Å²) in [7, 11) is 0. The van der Waals surface area contributed by atoms with Crippen molar-refractivity contribution in [2.45, 2.75) is 71.8 Å². The van der Waals surface area contributed by atoms with Gasteiger partial charge in [0.15, 0.2) is 0 Å². The number of carboxylic acid groups (broad SMARTS) is 2. The summed E-state index contributed by atoms with van der Waals surface area (Å²) in [6.45, 7) is 15.5. The molecular weight excluding hydrogens is 408 g/mol. The molecular formula is C26H38O6. The minimum atomic E-state index is -0.903. The first-order valence-corrected chi connectivity index (χ1v) is 10.4. The van der Waals surface area contributed by atoms with Gasteiger partial charge in [-0.2, -0.15) is 0 Å². The lowest BCUT2D eigenvalue weighted by atomic mass is 9.87. The zero-order chi connectivity index (χ0) is 25.3. The predicted octanol–water partition coefficient (Wildman–Crippen LogP) is 5.11. The fourth-order valence-corrected chi connectivity index (χ4v) is 2.23. The van der Waals surface area contributed by atoms with Crippen molar-refractivity contribution in [3.63, 3.8) is 0 Å². The highest BCUT2D eigenvalue weighted by molar-refractivity contribution is 5.88. The third kappa shape index (κ3) is 11.6. The van der Waals surface area contributed by atoms with Gasteiger partial charge in [0.05, 0.1) is 23.3 Å². The van der Waals surface area contributed by atoms with Gasteiger partial charge >= 0.3 is 11.9 Å². The number of carboxylic acids is 2. The number of aliphatic hydroxyl groups excluding tert-OH is 1. The van der Waals surface area contributed by atoms with E-state index in [1.165, 1.54) is 0 Å². The van der Waals surface area contributed by atoms with E-state index >= 15 is 0 Å². The Bertz CT molecular complexity index is 778. The van der Waals surface area contributed by atoms with Crippen LogP contribution in [0, 0.1) is 0 Å². The molecule has 4 N–H and O–H groups in total. The molecule has 0 unspecified atom stereocenters. The van der Waals surface area contributed by atoms with Gasteiger partial charge in [-0.25, -0.2) is 9.59 Å². The van der Waals surface area contributed by atoms with Crippen molar-refractivity contribution in [2.75, 3.05) is 6.61 Å². The Morgan fingerprint density at radius 1 is 0.625 bits per heavy atom. The molecule has 0 amide bonds. The zero-order valence-corrected chi connectivity index (χ0v) is 20.4. The van der Waals surface area contributed by atoms with Crippen molar-refractivity contribution < 1.29 is 30.0 Å². The Morgan fingerprint density at radius 2 is 0.844 bits per heavy atom. The van der Waals surface area contributed by atoms with E-state index < -0.39 is 17.5 Å². The van der Waals surface area contributed by atoms with Crippen LogP contribution in [0.4, 0.5) is 0 Å². The molecule has 0 bridgehead atoms. The van der Waals surface area contributed by atoms with Crippen LogP contribution in [0.1, 0.15) is 87.2 Å². The van der Waals surface area contributed by atoms with Crippen LogP contribution in [-0.2, 0) is 10.8 Å². The average Bonchev–Trinajstić information content (AvgIpc) is 2.67. The van der Waals surface area contributed by atoms with Crippen molar-refractivity contribution in [3.8, 4) is 0 Å². The summed E-state index contributed by atoms with van der Waals surface area (Å²) in [6, 6.07) is 14.0. The summed E-state index contributed by atoms with van der Waals surface area (Å²) in [6.07, 6.45) is 0. The Balaban J connectivity index is 0.000000484. The van der Waals surface area contributed by atoms with Crippen molar-refractivity contribution >= 4 is 11.9 Å². The predicted molar refractivity (Wildman–Crippen MR) is 128 cm³/mol. The SMILES string of the molecule is CC(C)(C)c1ccc(C(=O)O)cc1.CC(C)(C)c1ccc(C(=O)O)cc1.CC(C)(O)CO. The number of benzene rings is 2. The largest absolute Gasteiger partial charge is 0.478 e. The highest BCUT2D eigenvalue weighted by atomic mass is 16.4. The topological polar surface area (TPSA) is 115 Å². The lowest BCUT2D eigenvalue weighted by molar-refractivity contribution is 0.0183. The molecule has 0 aliphatic carbocycles. The second-order valence-electron chi connectivity index (χ2n) is 10.2. The lowest BCUT2D eigenvalue weighted by Gasteiger charge is -2.18. The second kappa shape index (κ2) is 11.8. The van der Waals surface area contributed by atoms with Gasteiger partial charge < -0.3 is 20.4 Å². The number of aliphatic hydroxyl groups is 2. The van der Waals surface area contributed by atoms with Crippen molar-refractivity contribution in [2.24, 2.45) is 0 Å². The van der Waals surface area contributed by atoms with E-state index in [0.29, 0.717) is 11.1 Å². The molecule has 0 radical (unpaired) electrons. The third-order valence-corrected chi connectivity index (χ3v) is 4.38. The van der Waals surface area contributed by atoms with E-state index in [2.05, 4.69) is 41.5 Å². The van der Waals surface area contributed by atoms with E-state index in [1.54, 1.807) is 38.1 Å². The van der Waals surface area contributed by atoms with Crippen LogP contribution in [0.5, 0.6) is 0 Å². The minimum absolute atomic E-state index is 0.0804. The van der Waals surface area contributed by atoms with Crippen molar-refractivity contribution in [1.82, 2.24) is 0 Å². The van der Waals surface area contributed by atoms with E-state index in [-0.39, 0.29) is 17.4 Å². The summed E-state index contributed by atoms with van der Waals surface area (Å²) < 4.78 is 0. The Kier molecular flexibility index (Phi) is 10.8. The van der Waals surface area contributed by atoms with Crippen LogP contribution in [0.3, 0.4) is 0 Å². The van der Waals surface area contributed by atoms with Crippen LogP contribution in [0.15, 0.2) is 48.5 Å². The summed E-state index contributed by atoms with van der Waals surface area (Å²) in [5.74, 6) is -1.75. The molecule has 0 spiro atoms. The quantitative estimate of drug-likeness (QED) is 0.520. The van der Waals surface area contributed by atoms with E-state index in [4.69, 9.17) is 20.4 Å². The van der Waals surface area contributed by atoms with Gasteiger partial charge in [0, 0.05) is 0 Å². The highest BCUT2D eigenvalue weighted by Crippen LogP contribution is 2.22. The van der Waals surface area contributed by atoms with E-state index in [9.17, 15) is 9.59 Å². The van der Waals surface area contributed by atoms with Gasteiger partial charge in [-0.15, -0.1) is 0 Å². The lowest BCUT2D eigenvalue weighted by Crippen LogP contribution is -2.23. The van der Waals surface area contributed by atoms with E-state index in [0.717, 1.165) is 11.1 Å². The van der Waals surface area contributed by atoms with Crippen molar-refractivity contribution in [1.29, 1.82) is 0 Å². The normalized spacial score (nSPS) is 11.4. The summed E-state index contributed by atoms with van der Waals surface area (Å²) in [5, 5.41) is 34.1. The first kappa shape index (κ1) is 29.3. The Labute approximate surface area is 191 Å². The Hall–Kier alpha value is -2.70. The van der Waals surface area contributed by atoms with Gasteiger partial charge in [0.25, 0.3) is 0 Å². The Morgan fingerprint density at radius 3 is 0.969 bits per heavy atom. The van der Waals surface area contributed by atoms with Crippen molar-refractivity contribution in [3.05, 3.63) is 70.8 Å². The molecule has 32 heavy (non-hydrogen) atoms. The van der Waals surface area contributed by atoms with Gasteiger partial charge in [0.2, 0.25) is 0 Å². The van der Waals surface area contributed by atoms with Gasteiger partial charge in [-0.05, 0) is 60.1 Å². The summed E-state index contributed by atoms with van der Waals surface area (Å²) >= 11 is 0. The fourth-order valence-electron chi connectivity index (χ4n) is 2.23. The van der Waals surface area contributed by atoms with Crippen LogP contribution >= 0.6 is 0 Å². The van der Waals surface area contributed by atoms with Crippen LogP contribution in [0.2, 0.25) is 0 Å². The van der Waals surface area contributed by atoms with Gasteiger partial charge in [-0.3, -0.25) is 0 Å². The monoisotopic (exact) mass is 446 g/mol. The molecule has 2 aromatic carbocycles. The van der Waals surface area contributed by atoms with Gasteiger partial charge in [0.1, 0.15) is 0 Å².